The molecule has 1 saturated carbocycles. The smallest absolute Gasteiger partial charge is 0.103 e. The van der Waals surface area contributed by atoms with Gasteiger partial charge in [0.1, 0.15) is 5.69 Å². The molecule has 17 heavy (non-hydrogen) atoms. The van der Waals surface area contributed by atoms with Crippen molar-refractivity contribution < 1.29 is 9.84 Å². The minimum Gasteiger partial charge on any atom is -0.396 e. The lowest BCUT2D eigenvalue weighted by atomic mass is 10.3. The van der Waals surface area contributed by atoms with Crippen LogP contribution in [0.15, 0.2) is 4.47 Å². The molecule has 4 nitrogen and oxygen atoms in total. The fraction of sp³-hybridized carbons (Fsp3) is 0.750. The molecule has 0 aromatic carbocycles. The van der Waals surface area contributed by atoms with Crippen molar-refractivity contribution in [2.24, 2.45) is 18.9 Å². The number of aliphatic hydroxyl groups excluding tert-OH is 1. The summed E-state index contributed by atoms with van der Waals surface area (Å²) in [7, 11) is 1.95. The highest BCUT2D eigenvalue weighted by atomic mass is 79.9. The molecule has 1 aliphatic carbocycles. The third-order valence-electron chi connectivity index (χ3n) is 3.38. The molecule has 96 valence electrons. The average molecular weight is 303 g/mol. The van der Waals surface area contributed by atoms with E-state index >= 15 is 0 Å². The van der Waals surface area contributed by atoms with Gasteiger partial charge in [0.25, 0.3) is 0 Å². The summed E-state index contributed by atoms with van der Waals surface area (Å²) < 4.78 is 8.62. The summed E-state index contributed by atoms with van der Waals surface area (Å²) in [5, 5.41) is 13.4. The molecular weight excluding hydrogens is 284 g/mol. The molecule has 1 aromatic heterocycles. The fourth-order valence-electron chi connectivity index (χ4n) is 2.12. The molecule has 0 spiro atoms. The molecule has 1 N–H and O–H groups in total. The van der Waals surface area contributed by atoms with Gasteiger partial charge >= 0.3 is 0 Å². The van der Waals surface area contributed by atoms with Gasteiger partial charge in [0.15, 0.2) is 0 Å². The maximum Gasteiger partial charge on any atom is 0.103 e. The Hall–Kier alpha value is -0.390. The van der Waals surface area contributed by atoms with Crippen molar-refractivity contribution in [2.75, 3.05) is 13.2 Å². The number of hydrogen-bond acceptors (Lipinski definition) is 3. The van der Waals surface area contributed by atoms with Crippen LogP contribution in [0.1, 0.15) is 24.7 Å². The Labute approximate surface area is 110 Å². The molecule has 2 unspecified atom stereocenters. The molecule has 0 radical (unpaired) electrons. The maximum absolute atomic E-state index is 8.93. The number of aromatic nitrogens is 2. The first-order chi connectivity index (χ1) is 8.17. The van der Waals surface area contributed by atoms with E-state index in [9.17, 15) is 0 Å². The zero-order valence-electron chi connectivity index (χ0n) is 10.3. The van der Waals surface area contributed by atoms with E-state index in [4.69, 9.17) is 9.84 Å². The Balaban J connectivity index is 1.83. The van der Waals surface area contributed by atoms with Crippen LogP contribution in [0.4, 0.5) is 0 Å². The first-order valence-corrected chi connectivity index (χ1v) is 6.85. The van der Waals surface area contributed by atoms with Crippen molar-refractivity contribution >= 4 is 15.9 Å². The molecule has 1 fully saturated rings. The van der Waals surface area contributed by atoms with Crippen LogP contribution in [0.5, 0.6) is 0 Å². The molecule has 0 aliphatic heterocycles. The van der Waals surface area contributed by atoms with Gasteiger partial charge in [0, 0.05) is 13.7 Å². The van der Waals surface area contributed by atoms with Crippen molar-refractivity contribution in [3.63, 3.8) is 0 Å². The van der Waals surface area contributed by atoms with Crippen LogP contribution in [0.25, 0.3) is 0 Å². The lowest BCUT2D eigenvalue weighted by molar-refractivity contribution is 0.101. The molecular formula is C12H19BrN2O2. The number of rotatable bonds is 6. The summed E-state index contributed by atoms with van der Waals surface area (Å²) in [5.74, 6) is 1.02. The van der Waals surface area contributed by atoms with Crippen LogP contribution >= 0.6 is 15.9 Å². The number of halogens is 1. The Bertz CT molecular complexity index is 392. The summed E-state index contributed by atoms with van der Waals surface area (Å²) in [6.45, 7) is 3.68. The van der Waals surface area contributed by atoms with Crippen LogP contribution in [-0.2, 0) is 24.8 Å². The first kappa shape index (κ1) is 13.1. The van der Waals surface area contributed by atoms with Gasteiger partial charge in [-0.05, 0) is 40.6 Å². The van der Waals surface area contributed by atoms with Crippen molar-refractivity contribution in [3.8, 4) is 0 Å². The minimum atomic E-state index is 0.293. The van der Waals surface area contributed by atoms with Crippen LogP contribution in [0.3, 0.4) is 0 Å². The van der Waals surface area contributed by atoms with Gasteiger partial charge < -0.3 is 9.84 Å². The largest absolute Gasteiger partial charge is 0.396 e. The summed E-state index contributed by atoms with van der Waals surface area (Å²) in [4.78, 5) is 0. The second-order valence-electron chi connectivity index (χ2n) is 4.64. The van der Waals surface area contributed by atoms with Gasteiger partial charge in [0.2, 0.25) is 0 Å². The lowest BCUT2D eigenvalue weighted by Crippen LogP contribution is -2.01. The van der Waals surface area contributed by atoms with E-state index < -0.39 is 0 Å². The Morgan fingerprint density at radius 3 is 2.82 bits per heavy atom. The monoisotopic (exact) mass is 302 g/mol. The molecule has 1 aliphatic rings. The maximum atomic E-state index is 8.93. The molecule has 0 bridgehead atoms. The minimum absolute atomic E-state index is 0.293. The van der Waals surface area contributed by atoms with E-state index in [2.05, 4.69) is 28.0 Å². The van der Waals surface area contributed by atoms with Crippen molar-refractivity contribution in [3.05, 3.63) is 15.9 Å². The molecule has 2 atom stereocenters. The van der Waals surface area contributed by atoms with E-state index in [0.29, 0.717) is 25.0 Å². The molecule has 5 heteroatoms. The van der Waals surface area contributed by atoms with E-state index in [-0.39, 0.29) is 0 Å². The topological polar surface area (TPSA) is 47.3 Å². The summed E-state index contributed by atoms with van der Waals surface area (Å²) in [6, 6.07) is 0. The van der Waals surface area contributed by atoms with Crippen LogP contribution in [-0.4, -0.2) is 28.1 Å². The van der Waals surface area contributed by atoms with Gasteiger partial charge in [-0.25, -0.2) is 0 Å². The Morgan fingerprint density at radius 2 is 2.29 bits per heavy atom. The average Bonchev–Trinajstić information content (AvgIpc) is 3.01. The lowest BCUT2D eigenvalue weighted by Gasteiger charge is -2.01. The molecule has 2 rings (SSSR count). The zero-order valence-corrected chi connectivity index (χ0v) is 11.9. The second-order valence-corrected chi connectivity index (χ2v) is 5.43. The van der Waals surface area contributed by atoms with Crippen molar-refractivity contribution in [1.82, 2.24) is 9.78 Å². The van der Waals surface area contributed by atoms with Crippen LogP contribution in [0.2, 0.25) is 0 Å². The van der Waals surface area contributed by atoms with E-state index in [1.165, 1.54) is 5.69 Å². The standard InChI is InChI=1S/C12H19BrN2O2/c1-3-11-12(13)10(14-15(11)2)7-17-6-9-4-8(9)5-16/h8-9,16H,3-7H2,1-2H3. The van der Waals surface area contributed by atoms with Crippen molar-refractivity contribution in [1.29, 1.82) is 0 Å². The second kappa shape index (κ2) is 5.50. The van der Waals surface area contributed by atoms with Crippen LogP contribution in [0, 0.1) is 11.8 Å². The van der Waals surface area contributed by atoms with Gasteiger partial charge in [0.05, 0.1) is 23.4 Å². The molecule has 1 aromatic rings. The summed E-state index contributed by atoms with van der Waals surface area (Å²) in [6.07, 6.45) is 2.05. The van der Waals surface area contributed by atoms with E-state index in [0.717, 1.165) is 29.6 Å². The van der Waals surface area contributed by atoms with Gasteiger partial charge in [-0.2, -0.15) is 5.10 Å². The van der Waals surface area contributed by atoms with Crippen LogP contribution < -0.4 is 0 Å². The van der Waals surface area contributed by atoms with Crippen molar-refractivity contribution in [2.45, 2.75) is 26.4 Å². The number of aryl methyl sites for hydroxylation is 1. The van der Waals surface area contributed by atoms with E-state index in [1.54, 1.807) is 0 Å². The number of nitrogens with zero attached hydrogens (tertiary/aromatic N) is 2. The molecule has 0 amide bonds. The Morgan fingerprint density at radius 1 is 1.53 bits per heavy atom. The zero-order chi connectivity index (χ0) is 12.4. The fourth-order valence-corrected chi connectivity index (χ4v) is 2.85. The molecule has 0 saturated heterocycles. The first-order valence-electron chi connectivity index (χ1n) is 6.06. The highest BCUT2D eigenvalue weighted by molar-refractivity contribution is 9.10. The number of hydrogen-bond donors (Lipinski definition) is 1. The summed E-state index contributed by atoms with van der Waals surface area (Å²) in [5.41, 5.74) is 2.16. The number of ether oxygens (including phenoxy) is 1. The van der Waals surface area contributed by atoms with E-state index in [1.807, 2.05) is 11.7 Å². The third kappa shape index (κ3) is 2.89. The Kier molecular flexibility index (Phi) is 4.22. The predicted molar refractivity (Wildman–Crippen MR) is 68.6 cm³/mol. The van der Waals surface area contributed by atoms with Gasteiger partial charge in [-0.1, -0.05) is 6.92 Å². The summed E-state index contributed by atoms with van der Waals surface area (Å²) >= 11 is 3.57. The highest BCUT2D eigenvalue weighted by Gasteiger charge is 2.36. The quantitative estimate of drug-likeness (QED) is 0.873. The SMILES string of the molecule is CCc1c(Br)c(COCC2CC2CO)nn1C. The normalized spacial score (nSPS) is 23.1. The third-order valence-corrected chi connectivity index (χ3v) is 4.29. The van der Waals surface area contributed by atoms with Gasteiger partial charge in [-0.15, -0.1) is 0 Å². The predicted octanol–water partition coefficient (Wildman–Crippen LogP) is 1.89. The number of aliphatic hydroxyl groups is 1. The highest BCUT2D eigenvalue weighted by Crippen LogP contribution is 2.38. The van der Waals surface area contributed by atoms with Gasteiger partial charge in [-0.3, -0.25) is 4.68 Å². The molecule has 1 heterocycles.